The molecule has 0 spiro atoms. The van der Waals surface area contributed by atoms with Crippen molar-refractivity contribution in [3.05, 3.63) is 48.0 Å². The summed E-state index contributed by atoms with van der Waals surface area (Å²) < 4.78 is 0. The minimum atomic E-state index is 0.0905. The number of rotatable bonds is 5. The van der Waals surface area contributed by atoms with Gasteiger partial charge in [0.05, 0.1) is 18.4 Å². The average molecular weight is 311 g/mol. The highest BCUT2D eigenvalue weighted by atomic mass is 15.1. The van der Waals surface area contributed by atoms with Crippen LogP contribution >= 0.6 is 0 Å². The van der Waals surface area contributed by atoms with E-state index in [0.29, 0.717) is 17.7 Å². The summed E-state index contributed by atoms with van der Waals surface area (Å²) in [6.07, 6.45) is 7.50. The lowest BCUT2D eigenvalue weighted by atomic mass is 10.2. The second-order valence-corrected chi connectivity index (χ2v) is 5.40. The Bertz CT molecular complexity index is 788. The van der Waals surface area contributed by atoms with Crippen molar-refractivity contribution < 1.29 is 0 Å². The van der Waals surface area contributed by atoms with Crippen molar-refractivity contribution >= 4 is 22.9 Å². The van der Waals surface area contributed by atoms with E-state index in [-0.39, 0.29) is 11.8 Å². The smallest absolute Gasteiger partial charge is 0.224 e. The number of hydrogen-bond donors (Lipinski definition) is 2. The van der Waals surface area contributed by atoms with Gasteiger partial charge in [-0.2, -0.15) is 9.97 Å². The summed E-state index contributed by atoms with van der Waals surface area (Å²) in [6.45, 7) is 8.49. The first-order valence-electron chi connectivity index (χ1n) is 7.14. The highest BCUT2D eigenvalue weighted by Gasteiger charge is 2.09. The molecule has 7 heteroatoms. The monoisotopic (exact) mass is 311 g/mol. The Labute approximate surface area is 135 Å². The third-order valence-electron chi connectivity index (χ3n) is 3.14. The maximum atomic E-state index is 5.84. The first kappa shape index (κ1) is 16.4. The number of fused-ring (bicyclic) bond motifs is 1. The van der Waals surface area contributed by atoms with Gasteiger partial charge < -0.3 is 16.4 Å². The summed E-state index contributed by atoms with van der Waals surface area (Å²) in [5, 5.41) is 0. The Morgan fingerprint density at radius 3 is 2.61 bits per heavy atom. The highest BCUT2D eigenvalue weighted by molar-refractivity contribution is 5.81. The number of nitrogens with two attached hydrogens (primary N) is 2. The molecule has 4 N–H and O–H groups in total. The molecule has 7 nitrogen and oxygen atoms in total. The Morgan fingerprint density at radius 1 is 1.22 bits per heavy atom. The van der Waals surface area contributed by atoms with Gasteiger partial charge in [0.15, 0.2) is 17.0 Å². The third-order valence-corrected chi connectivity index (χ3v) is 3.14. The second-order valence-electron chi connectivity index (χ2n) is 5.40. The molecule has 0 aliphatic rings. The minimum absolute atomic E-state index is 0.0905. The van der Waals surface area contributed by atoms with Crippen LogP contribution in [0.5, 0.6) is 0 Å². The summed E-state index contributed by atoms with van der Waals surface area (Å²) in [7, 11) is 1.96. The fraction of sp³-hybridized carbons (Fsp3) is 0.250. The fourth-order valence-corrected chi connectivity index (χ4v) is 2.00. The van der Waals surface area contributed by atoms with Crippen LogP contribution in [0.1, 0.15) is 19.5 Å². The molecule has 0 radical (unpaired) electrons. The molecule has 23 heavy (non-hydrogen) atoms. The molecular weight excluding hydrogens is 290 g/mol. The van der Waals surface area contributed by atoms with Crippen molar-refractivity contribution in [3.8, 4) is 0 Å². The molecule has 2 aromatic rings. The molecule has 0 bridgehead atoms. The highest BCUT2D eigenvalue weighted by Crippen LogP contribution is 2.16. The van der Waals surface area contributed by atoms with Crippen molar-refractivity contribution in [3.63, 3.8) is 0 Å². The van der Waals surface area contributed by atoms with Crippen molar-refractivity contribution in [1.82, 2.24) is 24.8 Å². The first-order valence-corrected chi connectivity index (χ1v) is 7.14. The second kappa shape index (κ2) is 6.87. The van der Waals surface area contributed by atoms with E-state index in [0.717, 1.165) is 11.4 Å². The van der Waals surface area contributed by atoms with Crippen LogP contribution < -0.4 is 11.5 Å². The van der Waals surface area contributed by atoms with Gasteiger partial charge in [-0.15, -0.1) is 0 Å². The summed E-state index contributed by atoms with van der Waals surface area (Å²) in [6, 6.07) is 0. The maximum Gasteiger partial charge on any atom is 0.224 e. The maximum absolute atomic E-state index is 5.84. The van der Waals surface area contributed by atoms with E-state index >= 15 is 0 Å². The molecule has 120 valence electrons. The number of nitrogen functional groups attached to an aromatic ring is 2. The van der Waals surface area contributed by atoms with E-state index in [9.17, 15) is 0 Å². The van der Waals surface area contributed by atoms with Gasteiger partial charge in [-0.25, -0.2) is 9.97 Å². The summed E-state index contributed by atoms with van der Waals surface area (Å²) in [5.41, 5.74) is 15.2. The molecule has 0 aromatic carbocycles. The van der Waals surface area contributed by atoms with Gasteiger partial charge in [-0.05, 0) is 26.0 Å². The molecular formula is C16H21N7. The van der Waals surface area contributed by atoms with Crippen LogP contribution in [0.25, 0.3) is 11.2 Å². The van der Waals surface area contributed by atoms with E-state index in [1.165, 1.54) is 5.57 Å². The SMILES string of the molecule is C=C/C(=C\C=C(C)C)N(C)Cc1cnc2nc(N)nc(N)c2n1. The molecule has 0 aliphatic carbocycles. The lowest BCUT2D eigenvalue weighted by Crippen LogP contribution is -2.17. The lowest BCUT2D eigenvalue weighted by Gasteiger charge is -2.19. The number of likely N-dealkylation sites (N-methyl/N-ethyl adjacent to an activating group) is 1. The Hall–Kier alpha value is -2.96. The molecule has 0 aliphatic heterocycles. The van der Waals surface area contributed by atoms with E-state index in [2.05, 4.69) is 26.5 Å². The van der Waals surface area contributed by atoms with Gasteiger partial charge >= 0.3 is 0 Å². The van der Waals surface area contributed by atoms with Crippen LogP contribution in [0.3, 0.4) is 0 Å². The largest absolute Gasteiger partial charge is 0.382 e. The zero-order valence-corrected chi connectivity index (χ0v) is 13.6. The number of hydrogen-bond acceptors (Lipinski definition) is 7. The molecule has 2 aromatic heterocycles. The topological polar surface area (TPSA) is 107 Å². The fourth-order valence-electron chi connectivity index (χ4n) is 2.00. The van der Waals surface area contributed by atoms with E-state index in [1.54, 1.807) is 12.3 Å². The van der Waals surface area contributed by atoms with Crippen LogP contribution in [0.4, 0.5) is 11.8 Å². The zero-order chi connectivity index (χ0) is 17.0. The molecule has 0 fully saturated rings. The van der Waals surface area contributed by atoms with Crippen molar-refractivity contribution in [2.24, 2.45) is 0 Å². The quantitative estimate of drug-likeness (QED) is 0.814. The van der Waals surface area contributed by atoms with Gasteiger partial charge in [0, 0.05) is 12.7 Å². The molecule has 0 saturated heterocycles. The van der Waals surface area contributed by atoms with Gasteiger partial charge in [0.2, 0.25) is 5.95 Å². The van der Waals surface area contributed by atoms with Crippen molar-refractivity contribution in [2.45, 2.75) is 20.4 Å². The molecule has 0 amide bonds. The predicted molar refractivity (Wildman–Crippen MR) is 93.1 cm³/mol. The minimum Gasteiger partial charge on any atom is -0.382 e. The number of nitrogens with zero attached hydrogens (tertiary/aromatic N) is 5. The number of allylic oxidation sites excluding steroid dienone is 4. The predicted octanol–water partition coefficient (Wildman–Crippen LogP) is 2.05. The molecule has 2 heterocycles. The standard InChI is InChI=1S/C16H21N7/c1-5-12(7-6-10(2)3)23(4)9-11-8-19-15-13(20-11)14(17)21-16(18)22-15/h5-8H,1,9H2,2-4H3,(H4,17,18,19,21,22)/b12-7+. The summed E-state index contributed by atoms with van der Waals surface area (Å²) in [5.74, 6) is 0.321. The van der Waals surface area contributed by atoms with Gasteiger partial charge in [-0.1, -0.05) is 18.2 Å². The van der Waals surface area contributed by atoms with Gasteiger partial charge in [-0.3, -0.25) is 0 Å². The van der Waals surface area contributed by atoms with Crippen LogP contribution in [0.2, 0.25) is 0 Å². The van der Waals surface area contributed by atoms with Crippen LogP contribution in [-0.4, -0.2) is 31.9 Å². The van der Waals surface area contributed by atoms with Gasteiger partial charge in [0.1, 0.15) is 0 Å². The summed E-state index contributed by atoms with van der Waals surface area (Å²) in [4.78, 5) is 18.7. The summed E-state index contributed by atoms with van der Waals surface area (Å²) >= 11 is 0. The molecule has 0 atom stereocenters. The Balaban J connectivity index is 2.29. The molecule has 0 saturated carbocycles. The first-order chi connectivity index (χ1) is 10.9. The van der Waals surface area contributed by atoms with Crippen molar-refractivity contribution in [2.75, 3.05) is 18.5 Å². The third kappa shape index (κ3) is 4.03. The lowest BCUT2D eigenvalue weighted by molar-refractivity contribution is 0.418. The van der Waals surface area contributed by atoms with Crippen molar-refractivity contribution in [1.29, 1.82) is 0 Å². The van der Waals surface area contributed by atoms with Crippen LogP contribution in [0.15, 0.2) is 42.3 Å². The number of aromatic nitrogens is 4. The molecule has 2 rings (SSSR count). The molecule has 0 unspecified atom stereocenters. The van der Waals surface area contributed by atoms with Gasteiger partial charge in [0.25, 0.3) is 0 Å². The van der Waals surface area contributed by atoms with Crippen LogP contribution in [0, 0.1) is 0 Å². The number of anilines is 2. The van der Waals surface area contributed by atoms with E-state index in [1.807, 2.05) is 37.9 Å². The van der Waals surface area contributed by atoms with E-state index in [4.69, 9.17) is 11.5 Å². The zero-order valence-electron chi connectivity index (χ0n) is 13.6. The normalized spacial score (nSPS) is 11.3. The Kier molecular flexibility index (Phi) is 4.90. The average Bonchev–Trinajstić information content (AvgIpc) is 2.48. The Morgan fingerprint density at radius 2 is 1.96 bits per heavy atom. The van der Waals surface area contributed by atoms with Crippen LogP contribution in [-0.2, 0) is 6.54 Å². The van der Waals surface area contributed by atoms with E-state index < -0.39 is 0 Å².